The summed E-state index contributed by atoms with van der Waals surface area (Å²) in [6.07, 6.45) is 4.67. The Morgan fingerprint density at radius 1 is 1.29 bits per heavy atom. The maximum atomic E-state index is 4.07. The number of hydrogen-bond donors (Lipinski definition) is 1. The molecule has 3 heteroatoms. The van der Waals surface area contributed by atoms with Gasteiger partial charge in [-0.1, -0.05) is 24.3 Å². The van der Waals surface area contributed by atoms with Gasteiger partial charge in [-0.2, -0.15) is 0 Å². The fourth-order valence-corrected chi connectivity index (χ4v) is 2.60. The van der Waals surface area contributed by atoms with Crippen molar-refractivity contribution >= 4 is 11.3 Å². The molecule has 17 heavy (non-hydrogen) atoms. The Hall–Kier alpha value is -1.19. The summed E-state index contributed by atoms with van der Waals surface area (Å²) in [5.41, 5.74) is 4.78. The van der Waals surface area contributed by atoms with Gasteiger partial charge in [0.2, 0.25) is 0 Å². The molecule has 0 unspecified atom stereocenters. The zero-order chi connectivity index (χ0) is 11.5. The smallest absolute Gasteiger partial charge is 0.0794 e. The molecule has 3 rings (SSSR count). The highest BCUT2D eigenvalue weighted by atomic mass is 32.1. The summed E-state index contributed by atoms with van der Waals surface area (Å²) in [4.78, 5) is 5.37. The average molecular weight is 244 g/mol. The van der Waals surface area contributed by atoms with Crippen LogP contribution >= 0.6 is 11.3 Å². The van der Waals surface area contributed by atoms with Crippen LogP contribution in [0.25, 0.3) is 0 Å². The van der Waals surface area contributed by atoms with Crippen LogP contribution in [0.4, 0.5) is 0 Å². The topological polar surface area (TPSA) is 24.9 Å². The molecule has 1 aliphatic carbocycles. The quantitative estimate of drug-likeness (QED) is 0.873. The van der Waals surface area contributed by atoms with Crippen LogP contribution in [0.5, 0.6) is 0 Å². The van der Waals surface area contributed by atoms with E-state index in [1.54, 1.807) is 11.3 Å². The van der Waals surface area contributed by atoms with E-state index in [2.05, 4.69) is 34.6 Å². The Morgan fingerprint density at radius 2 is 2.24 bits per heavy atom. The third kappa shape index (κ3) is 2.93. The lowest BCUT2D eigenvalue weighted by Gasteiger charge is -2.05. The molecule has 0 amide bonds. The summed E-state index contributed by atoms with van der Waals surface area (Å²) in [6, 6.07) is 8.98. The third-order valence-corrected chi connectivity index (χ3v) is 3.89. The molecule has 1 heterocycles. The first-order chi connectivity index (χ1) is 8.42. The van der Waals surface area contributed by atoms with Crippen molar-refractivity contribution in [2.75, 3.05) is 0 Å². The zero-order valence-corrected chi connectivity index (χ0v) is 10.5. The van der Waals surface area contributed by atoms with Crippen LogP contribution in [0.3, 0.4) is 0 Å². The van der Waals surface area contributed by atoms with Gasteiger partial charge in [-0.25, -0.2) is 0 Å². The maximum Gasteiger partial charge on any atom is 0.0794 e. The second-order valence-corrected chi connectivity index (χ2v) is 5.56. The number of nitrogens with one attached hydrogen (secondary N) is 1. The predicted octanol–water partition coefficient (Wildman–Crippen LogP) is 3.31. The minimum absolute atomic E-state index is 0.844. The molecule has 1 aliphatic rings. The van der Waals surface area contributed by atoms with Crippen molar-refractivity contribution in [1.82, 2.24) is 10.3 Å². The molecule has 0 bridgehead atoms. The highest BCUT2D eigenvalue weighted by Gasteiger charge is 2.23. The lowest BCUT2D eigenvalue weighted by atomic mass is 10.1. The van der Waals surface area contributed by atoms with Gasteiger partial charge in [-0.15, -0.1) is 11.3 Å². The molecule has 0 saturated heterocycles. The van der Waals surface area contributed by atoms with Gasteiger partial charge in [-0.05, 0) is 29.9 Å². The van der Waals surface area contributed by atoms with E-state index < -0.39 is 0 Å². The number of aromatic nitrogens is 1. The third-order valence-electron chi connectivity index (χ3n) is 3.11. The molecular formula is C14H16N2S. The van der Waals surface area contributed by atoms with Crippen LogP contribution in [0.15, 0.2) is 36.0 Å². The van der Waals surface area contributed by atoms with Crippen LogP contribution in [-0.4, -0.2) is 4.98 Å². The Labute approximate surface area is 106 Å². The number of benzene rings is 1. The first kappa shape index (κ1) is 10.9. The minimum Gasteiger partial charge on any atom is -0.308 e. The highest BCUT2D eigenvalue weighted by Crippen LogP contribution is 2.40. The van der Waals surface area contributed by atoms with Crippen LogP contribution in [0, 0.1) is 0 Å². The van der Waals surface area contributed by atoms with Crippen LogP contribution in [0.2, 0.25) is 0 Å². The summed E-state index contributed by atoms with van der Waals surface area (Å²) >= 11 is 1.70. The molecule has 0 radical (unpaired) electrons. The van der Waals surface area contributed by atoms with E-state index >= 15 is 0 Å². The molecule has 1 fully saturated rings. The normalized spacial score (nSPS) is 15.1. The Bertz CT molecular complexity index is 475. The number of rotatable bonds is 5. The minimum atomic E-state index is 0.844. The summed E-state index contributed by atoms with van der Waals surface area (Å²) in [7, 11) is 0. The lowest BCUT2D eigenvalue weighted by Crippen LogP contribution is -2.11. The zero-order valence-electron chi connectivity index (χ0n) is 9.73. The standard InChI is InChI=1S/C14H16N2S/c1-2-11(6-13(3-1)12-4-5-12)7-15-8-14-9-16-10-17-14/h1-3,6,9-10,12,15H,4-5,7-8H2. The molecular weight excluding hydrogens is 228 g/mol. The van der Waals surface area contributed by atoms with E-state index in [1.165, 1.54) is 28.8 Å². The maximum absolute atomic E-state index is 4.07. The molecule has 1 N–H and O–H groups in total. The van der Waals surface area contributed by atoms with Crippen molar-refractivity contribution in [2.24, 2.45) is 0 Å². The van der Waals surface area contributed by atoms with Crippen molar-refractivity contribution in [3.05, 3.63) is 52.0 Å². The second kappa shape index (κ2) is 4.98. The van der Waals surface area contributed by atoms with Crippen LogP contribution < -0.4 is 5.32 Å². The molecule has 0 atom stereocenters. The predicted molar refractivity (Wildman–Crippen MR) is 71.1 cm³/mol. The van der Waals surface area contributed by atoms with Crippen molar-refractivity contribution < 1.29 is 0 Å². The molecule has 0 aliphatic heterocycles. The summed E-state index contributed by atoms with van der Waals surface area (Å²) in [5, 5.41) is 3.46. The molecule has 2 nitrogen and oxygen atoms in total. The van der Waals surface area contributed by atoms with Crippen LogP contribution in [0.1, 0.15) is 34.8 Å². The van der Waals surface area contributed by atoms with E-state index in [9.17, 15) is 0 Å². The monoisotopic (exact) mass is 244 g/mol. The molecule has 0 spiro atoms. The van der Waals surface area contributed by atoms with Gasteiger partial charge in [-0.3, -0.25) is 4.98 Å². The first-order valence-electron chi connectivity index (χ1n) is 6.09. The summed E-state index contributed by atoms with van der Waals surface area (Å²) in [6.45, 7) is 1.86. The SMILES string of the molecule is c1cc(CNCc2cncs2)cc(C2CC2)c1. The van der Waals surface area contributed by atoms with Gasteiger partial charge in [0.15, 0.2) is 0 Å². The largest absolute Gasteiger partial charge is 0.308 e. The van der Waals surface area contributed by atoms with E-state index in [1.807, 2.05) is 11.7 Å². The molecule has 88 valence electrons. The Kier molecular flexibility index (Phi) is 3.20. The fraction of sp³-hybridized carbons (Fsp3) is 0.357. The number of thiazole rings is 1. The van der Waals surface area contributed by atoms with E-state index in [0.29, 0.717) is 0 Å². The van der Waals surface area contributed by atoms with E-state index in [0.717, 1.165) is 19.0 Å². The van der Waals surface area contributed by atoms with Crippen molar-refractivity contribution in [3.63, 3.8) is 0 Å². The van der Waals surface area contributed by atoms with Gasteiger partial charge in [0.1, 0.15) is 0 Å². The lowest BCUT2D eigenvalue weighted by molar-refractivity contribution is 0.699. The van der Waals surface area contributed by atoms with Gasteiger partial charge < -0.3 is 5.32 Å². The second-order valence-electron chi connectivity index (χ2n) is 4.59. The first-order valence-corrected chi connectivity index (χ1v) is 6.97. The summed E-state index contributed by atoms with van der Waals surface area (Å²) < 4.78 is 0. The van der Waals surface area contributed by atoms with Gasteiger partial charge >= 0.3 is 0 Å². The van der Waals surface area contributed by atoms with Gasteiger partial charge in [0.25, 0.3) is 0 Å². The summed E-state index contributed by atoms with van der Waals surface area (Å²) in [5.74, 6) is 0.844. The molecule has 1 aromatic heterocycles. The average Bonchev–Trinajstić information content (AvgIpc) is 3.09. The number of nitrogens with zero attached hydrogens (tertiary/aromatic N) is 1. The van der Waals surface area contributed by atoms with Gasteiger partial charge in [0.05, 0.1) is 5.51 Å². The van der Waals surface area contributed by atoms with Crippen molar-refractivity contribution in [2.45, 2.75) is 31.8 Å². The molecule has 1 saturated carbocycles. The Balaban J connectivity index is 1.55. The fourth-order valence-electron chi connectivity index (χ4n) is 2.03. The highest BCUT2D eigenvalue weighted by molar-refractivity contribution is 7.09. The number of hydrogen-bond acceptors (Lipinski definition) is 3. The van der Waals surface area contributed by atoms with Gasteiger partial charge in [0, 0.05) is 24.2 Å². The van der Waals surface area contributed by atoms with E-state index in [4.69, 9.17) is 0 Å². The van der Waals surface area contributed by atoms with Crippen molar-refractivity contribution in [1.29, 1.82) is 0 Å². The molecule has 2 aromatic rings. The van der Waals surface area contributed by atoms with E-state index in [-0.39, 0.29) is 0 Å². The van der Waals surface area contributed by atoms with Crippen molar-refractivity contribution in [3.8, 4) is 0 Å². The molecule has 1 aromatic carbocycles. The Morgan fingerprint density at radius 3 is 3.00 bits per heavy atom. The van der Waals surface area contributed by atoms with Crippen LogP contribution in [-0.2, 0) is 13.1 Å².